The number of aliphatic carboxylic acids is 2. The van der Waals surface area contributed by atoms with Crippen LogP contribution in [0.2, 0.25) is 0 Å². The Balaban J connectivity index is 0.000000334. The lowest BCUT2D eigenvalue weighted by Gasteiger charge is -2.59. The Labute approximate surface area is 239 Å². The first kappa shape index (κ1) is 30.4. The van der Waals surface area contributed by atoms with Gasteiger partial charge in [0.1, 0.15) is 11.4 Å². The molecule has 1 aliphatic heterocycles. The molecule has 2 bridgehead atoms. The number of aromatic nitrogens is 1. The summed E-state index contributed by atoms with van der Waals surface area (Å²) in [6.07, 6.45) is 6.99. The number of aliphatic hydroxyl groups is 2. The van der Waals surface area contributed by atoms with Crippen LogP contribution in [0.5, 0.6) is 5.75 Å². The standard InChI is InChI=1S/C27H32N2O2.C4H6O6/c1-19(2)11-15-29-16-13-27-12-5-3-7-22(27)25(29)17-20-9-10-21(18-23(20)27)31-26(30)24-8-4-6-14-28-24;5-1(3(7)8)2(6)4(9)10/h4,6,8-11,14,18,22,25H,3,5,7,12-13,15-17H2,1-2H3;1-2,5-6H,(H,7,8)(H,9,10)/t22-,25-,27-;1-,2-/m01/s1. The van der Waals surface area contributed by atoms with Crippen molar-refractivity contribution >= 4 is 17.9 Å². The van der Waals surface area contributed by atoms with Crippen LogP contribution in [-0.4, -0.2) is 79.6 Å². The molecule has 0 unspecified atom stereocenters. The molecule has 4 N–H and O–H groups in total. The average molecular weight is 567 g/mol. The number of allylic oxidation sites excluding steroid dienone is 1. The summed E-state index contributed by atoms with van der Waals surface area (Å²) in [5.41, 5.74) is 4.88. The minimum Gasteiger partial charge on any atom is -0.479 e. The van der Waals surface area contributed by atoms with Crippen molar-refractivity contribution in [2.24, 2.45) is 5.92 Å². The molecule has 0 amide bonds. The van der Waals surface area contributed by atoms with E-state index in [-0.39, 0.29) is 11.4 Å². The van der Waals surface area contributed by atoms with E-state index in [1.54, 1.807) is 18.3 Å². The summed E-state index contributed by atoms with van der Waals surface area (Å²) in [6.45, 7) is 6.61. The number of esters is 1. The SMILES string of the molecule is CC(C)=CCN1CC[C@@]23CCCC[C@H]2[C@@H]1Cc1ccc(OC(=O)c2ccccn2)cc13.O=C(O)[C@H](O)[C@@H](O)C(=O)O. The van der Waals surface area contributed by atoms with Gasteiger partial charge in [0, 0.05) is 24.2 Å². The van der Waals surface area contributed by atoms with E-state index in [2.05, 4.69) is 41.9 Å². The van der Waals surface area contributed by atoms with Crippen molar-refractivity contribution in [3.8, 4) is 5.75 Å². The zero-order chi connectivity index (χ0) is 29.7. The van der Waals surface area contributed by atoms with E-state index in [1.807, 2.05) is 12.1 Å². The van der Waals surface area contributed by atoms with Crippen molar-refractivity contribution in [1.82, 2.24) is 9.88 Å². The number of rotatable bonds is 7. The molecule has 1 aromatic carbocycles. The molecule has 10 nitrogen and oxygen atoms in total. The smallest absolute Gasteiger partial charge is 0.362 e. The maximum atomic E-state index is 12.6. The fourth-order valence-electron chi connectivity index (χ4n) is 6.57. The molecule has 5 atom stereocenters. The minimum atomic E-state index is -2.27. The number of carbonyl (C=O) groups is 3. The zero-order valence-electron chi connectivity index (χ0n) is 23.4. The molecular weight excluding hydrogens is 528 g/mol. The highest BCUT2D eigenvalue weighted by Gasteiger charge is 2.53. The molecule has 0 radical (unpaired) electrons. The number of likely N-dealkylation sites (tertiary alicyclic amines) is 1. The highest BCUT2D eigenvalue weighted by molar-refractivity contribution is 5.89. The second kappa shape index (κ2) is 12.9. The van der Waals surface area contributed by atoms with Gasteiger partial charge in [-0.05, 0) is 87.4 Å². The number of hydrogen-bond donors (Lipinski definition) is 4. The number of nitrogens with zero attached hydrogens (tertiary/aromatic N) is 2. The predicted molar refractivity (Wildman–Crippen MR) is 150 cm³/mol. The molecule has 0 spiro atoms. The molecule has 2 fully saturated rings. The molecular formula is C31H38N2O8. The van der Waals surface area contributed by atoms with Crippen molar-refractivity contribution in [2.75, 3.05) is 13.1 Å². The Morgan fingerprint density at radius 2 is 1.80 bits per heavy atom. The van der Waals surface area contributed by atoms with Gasteiger partial charge in [-0.3, -0.25) is 4.90 Å². The predicted octanol–water partition coefficient (Wildman–Crippen LogP) is 3.20. The topological polar surface area (TPSA) is 157 Å². The van der Waals surface area contributed by atoms with Crippen molar-refractivity contribution < 1.29 is 39.5 Å². The van der Waals surface area contributed by atoms with Gasteiger partial charge in [0.2, 0.25) is 0 Å². The number of piperidine rings is 1. The summed E-state index contributed by atoms with van der Waals surface area (Å²) in [5.74, 6) is -2.57. The van der Waals surface area contributed by atoms with Gasteiger partial charge in [-0.25, -0.2) is 19.4 Å². The molecule has 2 heterocycles. The van der Waals surface area contributed by atoms with E-state index in [9.17, 15) is 14.4 Å². The van der Waals surface area contributed by atoms with Crippen LogP contribution in [0.4, 0.5) is 0 Å². The van der Waals surface area contributed by atoms with Crippen LogP contribution in [0, 0.1) is 5.92 Å². The first-order chi connectivity index (χ1) is 19.5. The van der Waals surface area contributed by atoms with E-state index in [4.69, 9.17) is 25.2 Å². The Bertz CT molecular complexity index is 1270. The summed E-state index contributed by atoms with van der Waals surface area (Å²) < 4.78 is 5.75. The van der Waals surface area contributed by atoms with E-state index in [0.717, 1.165) is 19.5 Å². The molecule has 1 aromatic heterocycles. The fourth-order valence-corrected chi connectivity index (χ4v) is 6.57. The number of hydrogen-bond acceptors (Lipinski definition) is 8. The van der Waals surface area contributed by atoms with E-state index < -0.39 is 24.1 Å². The second-order valence-electron chi connectivity index (χ2n) is 11.3. The lowest BCUT2D eigenvalue weighted by atomic mass is 9.52. The van der Waals surface area contributed by atoms with Crippen LogP contribution >= 0.6 is 0 Å². The average Bonchev–Trinajstić information content (AvgIpc) is 2.96. The first-order valence-electron chi connectivity index (χ1n) is 14.0. The number of carboxylic acids is 2. The van der Waals surface area contributed by atoms with Crippen molar-refractivity contribution in [3.63, 3.8) is 0 Å². The van der Waals surface area contributed by atoms with E-state index in [1.165, 1.54) is 48.8 Å². The van der Waals surface area contributed by atoms with E-state index >= 15 is 0 Å². The molecule has 3 aliphatic rings. The Kier molecular flexibility index (Phi) is 9.57. The molecule has 5 rings (SSSR count). The number of fused-ring (bicyclic) bond motifs is 1. The van der Waals surface area contributed by atoms with Crippen molar-refractivity contribution in [3.05, 3.63) is 71.1 Å². The molecule has 1 saturated heterocycles. The summed E-state index contributed by atoms with van der Waals surface area (Å²) in [6, 6.07) is 12.3. The number of carboxylic acid groups (broad SMARTS) is 2. The maximum Gasteiger partial charge on any atom is 0.362 e. The molecule has 220 valence electrons. The van der Waals surface area contributed by atoms with Gasteiger partial charge in [-0.2, -0.15) is 0 Å². The summed E-state index contributed by atoms with van der Waals surface area (Å²) >= 11 is 0. The highest BCUT2D eigenvalue weighted by atomic mass is 16.5. The molecule has 1 saturated carbocycles. The van der Waals surface area contributed by atoms with Crippen LogP contribution in [-0.2, 0) is 21.4 Å². The van der Waals surface area contributed by atoms with Gasteiger partial charge in [0.25, 0.3) is 0 Å². The molecule has 2 aliphatic carbocycles. The normalized spacial score (nSPS) is 24.3. The Hall–Kier alpha value is -3.60. The van der Waals surface area contributed by atoms with Gasteiger partial charge in [0.15, 0.2) is 12.2 Å². The minimum absolute atomic E-state index is 0.241. The zero-order valence-corrected chi connectivity index (χ0v) is 23.4. The first-order valence-corrected chi connectivity index (χ1v) is 14.0. The van der Waals surface area contributed by atoms with Crippen LogP contribution in [0.25, 0.3) is 0 Å². The quantitative estimate of drug-likeness (QED) is 0.223. The third-order valence-corrected chi connectivity index (χ3v) is 8.55. The largest absolute Gasteiger partial charge is 0.479 e. The lowest BCUT2D eigenvalue weighted by Crippen LogP contribution is -2.60. The van der Waals surface area contributed by atoms with Gasteiger partial charge in [-0.15, -0.1) is 0 Å². The molecule has 10 heteroatoms. The summed E-state index contributed by atoms with van der Waals surface area (Å²) in [7, 11) is 0. The molecule has 2 aromatic rings. The van der Waals surface area contributed by atoms with Crippen LogP contribution in [0.15, 0.2) is 54.2 Å². The van der Waals surface area contributed by atoms with Gasteiger partial charge in [0.05, 0.1) is 0 Å². The Morgan fingerprint density at radius 1 is 1.07 bits per heavy atom. The number of ether oxygens (including phenoxy) is 1. The maximum absolute atomic E-state index is 12.6. The van der Waals surface area contributed by atoms with Crippen LogP contribution < -0.4 is 4.74 Å². The van der Waals surface area contributed by atoms with Crippen LogP contribution in [0.3, 0.4) is 0 Å². The number of benzene rings is 1. The third kappa shape index (κ3) is 6.66. The monoisotopic (exact) mass is 566 g/mol. The fraction of sp³-hybridized carbons (Fsp3) is 0.484. The van der Waals surface area contributed by atoms with Crippen LogP contribution in [0.1, 0.15) is 67.6 Å². The summed E-state index contributed by atoms with van der Waals surface area (Å²) in [5, 5.41) is 32.5. The lowest BCUT2D eigenvalue weighted by molar-refractivity contribution is -0.165. The Morgan fingerprint density at radius 3 is 2.44 bits per heavy atom. The number of carbonyl (C=O) groups excluding carboxylic acids is 1. The highest BCUT2D eigenvalue weighted by Crippen LogP contribution is 2.56. The van der Waals surface area contributed by atoms with Gasteiger partial charge in [-0.1, -0.05) is 36.6 Å². The van der Waals surface area contributed by atoms with Crippen molar-refractivity contribution in [1.29, 1.82) is 0 Å². The number of aliphatic hydroxyl groups excluding tert-OH is 2. The van der Waals surface area contributed by atoms with Gasteiger partial charge >= 0.3 is 17.9 Å². The molecule has 41 heavy (non-hydrogen) atoms. The second-order valence-corrected chi connectivity index (χ2v) is 11.3. The van der Waals surface area contributed by atoms with E-state index in [0.29, 0.717) is 23.4 Å². The van der Waals surface area contributed by atoms with Gasteiger partial charge < -0.3 is 25.2 Å². The summed E-state index contributed by atoms with van der Waals surface area (Å²) in [4.78, 5) is 38.9. The third-order valence-electron chi connectivity index (χ3n) is 8.55. The number of pyridine rings is 1. The van der Waals surface area contributed by atoms with Crippen molar-refractivity contribution in [2.45, 2.75) is 76.0 Å².